The molecule has 6 heteroatoms. The van der Waals surface area contributed by atoms with Gasteiger partial charge in [0.25, 0.3) is 0 Å². The fourth-order valence-corrected chi connectivity index (χ4v) is 2.32. The van der Waals surface area contributed by atoms with Crippen molar-refractivity contribution in [3.63, 3.8) is 0 Å². The second kappa shape index (κ2) is 7.60. The summed E-state index contributed by atoms with van der Waals surface area (Å²) in [6, 6.07) is 12.6. The predicted octanol–water partition coefficient (Wildman–Crippen LogP) is 3.03. The van der Waals surface area contributed by atoms with Gasteiger partial charge in [-0.15, -0.1) is 0 Å². The third kappa shape index (κ3) is 4.43. The number of aromatic nitrogens is 1. The van der Waals surface area contributed by atoms with Gasteiger partial charge < -0.3 is 20.1 Å². The van der Waals surface area contributed by atoms with E-state index in [9.17, 15) is 4.79 Å². The molecule has 1 aliphatic heterocycles. The van der Waals surface area contributed by atoms with Crippen LogP contribution in [0, 0.1) is 5.92 Å². The maximum absolute atomic E-state index is 12.0. The molecule has 1 aromatic heterocycles. The van der Waals surface area contributed by atoms with Gasteiger partial charge in [-0.25, -0.2) is 9.78 Å². The Balaban J connectivity index is 1.59. The molecule has 2 amide bonds. The van der Waals surface area contributed by atoms with Crippen molar-refractivity contribution < 1.29 is 14.3 Å². The van der Waals surface area contributed by atoms with Gasteiger partial charge in [-0.05, 0) is 30.7 Å². The average Bonchev–Trinajstić information content (AvgIpc) is 3.09. The SMILES string of the molecule is O=C(NC[C@@H]1CCOC1)Nc1cccnc1Oc1ccccc1. The van der Waals surface area contributed by atoms with Crippen LogP contribution >= 0.6 is 0 Å². The molecule has 2 heterocycles. The van der Waals surface area contributed by atoms with Gasteiger partial charge in [0, 0.05) is 25.3 Å². The molecule has 0 bridgehead atoms. The van der Waals surface area contributed by atoms with Crippen LogP contribution in [0.4, 0.5) is 10.5 Å². The van der Waals surface area contributed by atoms with E-state index < -0.39 is 0 Å². The number of para-hydroxylation sites is 1. The minimum Gasteiger partial charge on any atom is -0.437 e. The van der Waals surface area contributed by atoms with E-state index in [4.69, 9.17) is 9.47 Å². The van der Waals surface area contributed by atoms with Crippen LogP contribution in [-0.4, -0.2) is 30.8 Å². The molecule has 1 fully saturated rings. The van der Waals surface area contributed by atoms with Crippen LogP contribution in [0.5, 0.6) is 11.6 Å². The van der Waals surface area contributed by atoms with Crippen LogP contribution in [0.3, 0.4) is 0 Å². The summed E-state index contributed by atoms with van der Waals surface area (Å²) in [5.41, 5.74) is 0.525. The number of carbonyl (C=O) groups is 1. The van der Waals surface area contributed by atoms with Crippen molar-refractivity contribution in [2.45, 2.75) is 6.42 Å². The van der Waals surface area contributed by atoms with Crippen LogP contribution in [0.15, 0.2) is 48.7 Å². The second-order valence-corrected chi connectivity index (χ2v) is 5.34. The zero-order valence-corrected chi connectivity index (χ0v) is 12.7. The third-order valence-corrected chi connectivity index (χ3v) is 3.55. The number of nitrogens with zero attached hydrogens (tertiary/aromatic N) is 1. The Kier molecular flexibility index (Phi) is 5.06. The van der Waals surface area contributed by atoms with Gasteiger partial charge in [-0.3, -0.25) is 0 Å². The van der Waals surface area contributed by atoms with E-state index in [1.165, 1.54) is 0 Å². The fourth-order valence-electron chi connectivity index (χ4n) is 2.32. The van der Waals surface area contributed by atoms with Crippen molar-refractivity contribution in [2.75, 3.05) is 25.1 Å². The minimum absolute atomic E-state index is 0.275. The molecule has 3 rings (SSSR count). The molecule has 1 aromatic carbocycles. The molecule has 1 saturated heterocycles. The lowest BCUT2D eigenvalue weighted by atomic mass is 10.1. The number of pyridine rings is 1. The fraction of sp³-hybridized carbons (Fsp3) is 0.294. The number of hydrogen-bond donors (Lipinski definition) is 2. The monoisotopic (exact) mass is 313 g/mol. The first kappa shape index (κ1) is 15.3. The Morgan fingerprint density at radius 1 is 1.26 bits per heavy atom. The zero-order valence-electron chi connectivity index (χ0n) is 12.7. The Morgan fingerprint density at radius 2 is 2.13 bits per heavy atom. The third-order valence-electron chi connectivity index (χ3n) is 3.55. The highest BCUT2D eigenvalue weighted by Crippen LogP contribution is 2.26. The highest BCUT2D eigenvalue weighted by atomic mass is 16.5. The summed E-state index contributed by atoms with van der Waals surface area (Å²) in [7, 11) is 0. The number of hydrogen-bond acceptors (Lipinski definition) is 4. The van der Waals surface area contributed by atoms with Crippen molar-refractivity contribution in [1.29, 1.82) is 0 Å². The van der Waals surface area contributed by atoms with Crippen LogP contribution in [0.1, 0.15) is 6.42 Å². The predicted molar refractivity (Wildman–Crippen MR) is 86.7 cm³/mol. The molecule has 0 aliphatic carbocycles. The maximum atomic E-state index is 12.0. The van der Waals surface area contributed by atoms with E-state index in [2.05, 4.69) is 15.6 Å². The molecule has 1 aliphatic rings. The number of nitrogens with one attached hydrogen (secondary N) is 2. The van der Waals surface area contributed by atoms with Gasteiger partial charge in [0.1, 0.15) is 11.4 Å². The molecule has 23 heavy (non-hydrogen) atoms. The summed E-state index contributed by atoms with van der Waals surface area (Å²) in [6.45, 7) is 2.07. The van der Waals surface area contributed by atoms with Crippen molar-refractivity contribution in [1.82, 2.24) is 10.3 Å². The van der Waals surface area contributed by atoms with Gasteiger partial charge in [0.2, 0.25) is 5.88 Å². The summed E-state index contributed by atoms with van der Waals surface area (Å²) in [5.74, 6) is 1.41. The zero-order chi connectivity index (χ0) is 15.9. The first-order valence-electron chi connectivity index (χ1n) is 7.62. The lowest BCUT2D eigenvalue weighted by Gasteiger charge is -2.13. The summed E-state index contributed by atoms with van der Waals surface area (Å²) in [5, 5.41) is 5.63. The summed E-state index contributed by atoms with van der Waals surface area (Å²) >= 11 is 0. The minimum atomic E-state index is -0.275. The smallest absolute Gasteiger partial charge is 0.319 e. The molecule has 0 saturated carbocycles. The van der Waals surface area contributed by atoms with Gasteiger partial charge in [-0.1, -0.05) is 18.2 Å². The number of urea groups is 1. The highest BCUT2D eigenvalue weighted by Gasteiger charge is 2.17. The van der Waals surface area contributed by atoms with Crippen molar-refractivity contribution in [3.8, 4) is 11.6 Å². The molecular weight excluding hydrogens is 294 g/mol. The number of amides is 2. The lowest BCUT2D eigenvalue weighted by Crippen LogP contribution is -2.33. The lowest BCUT2D eigenvalue weighted by molar-refractivity contribution is 0.185. The number of rotatable bonds is 5. The number of ether oxygens (including phenoxy) is 2. The summed E-state index contributed by atoms with van der Waals surface area (Å²) in [6.07, 6.45) is 2.60. The van der Waals surface area contributed by atoms with E-state index >= 15 is 0 Å². The molecule has 120 valence electrons. The van der Waals surface area contributed by atoms with Gasteiger partial charge in [0.05, 0.1) is 6.61 Å². The largest absolute Gasteiger partial charge is 0.437 e. The highest BCUT2D eigenvalue weighted by molar-refractivity contribution is 5.90. The van der Waals surface area contributed by atoms with Gasteiger partial charge in [0.15, 0.2) is 0 Å². The first-order valence-corrected chi connectivity index (χ1v) is 7.62. The quantitative estimate of drug-likeness (QED) is 0.890. The van der Waals surface area contributed by atoms with Crippen LogP contribution < -0.4 is 15.4 Å². The Bertz CT molecular complexity index is 643. The normalized spacial score (nSPS) is 16.8. The standard InChI is InChI=1S/C17H19N3O3/c21-17(19-11-13-8-10-22-12-13)20-15-7-4-9-18-16(15)23-14-5-2-1-3-6-14/h1-7,9,13H,8,10-12H2,(H2,19,20,21)/t13-/m0/s1. The van der Waals surface area contributed by atoms with Crippen LogP contribution in [0.2, 0.25) is 0 Å². The second-order valence-electron chi connectivity index (χ2n) is 5.34. The number of anilines is 1. The molecule has 0 spiro atoms. The molecule has 6 nitrogen and oxygen atoms in total. The van der Waals surface area contributed by atoms with Crippen LogP contribution in [-0.2, 0) is 4.74 Å². The van der Waals surface area contributed by atoms with Crippen molar-refractivity contribution in [2.24, 2.45) is 5.92 Å². The molecule has 2 aromatic rings. The van der Waals surface area contributed by atoms with Crippen molar-refractivity contribution >= 4 is 11.7 Å². The summed E-state index contributed by atoms with van der Waals surface area (Å²) in [4.78, 5) is 16.2. The van der Waals surface area contributed by atoms with Gasteiger partial charge >= 0.3 is 6.03 Å². The maximum Gasteiger partial charge on any atom is 0.319 e. The average molecular weight is 313 g/mol. The Hall–Kier alpha value is -2.60. The van der Waals surface area contributed by atoms with Gasteiger partial charge in [-0.2, -0.15) is 0 Å². The van der Waals surface area contributed by atoms with Crippen molar-refractivity contribution in [3.05, 3.63) is 48.7 Å². The van der Waals surface area contributed by atoms with E-state index in [0.29, 0.717) is 36.4 Å². The number of carbonyl (C=O) groups excluding carboxylic acids is 1. The molecular formula is C17H19N3O3. The molecule has 0 unspecified atom stereocenters. The van der Waals surface area contributed by atoms with E-state index in [-0.39, 0.29) is 6.03 Å². The molecule has 2 N–H and O–H groups in total. The number of benzene rings is 1. The Morgan fingerprint density at radius 3 is 2.91 bits per heavy atom. The first-order chi connectivity index (χ1) is 11.3. The van der Waals surface area contributed by atoms with E-state index in [1.54, 1.807) is 18.3 Å². The van der Waals surface area contributed by atoms with E-state index in [0.717, 1.165) is 13.0 Å². The van der Waals surface area contributed by atoms with E-state index in [1.807, 2.05) is 30.3 Å². The molecule has 0 radical (unpaired) electrons. The van der Waals surface area contributed by atoms with Crippen LogP contribution in [0.25, 0.3) is 0 Å². The Labute approximate surface area is 134 Å². The molecule has 1 atom stereocenters. The summed E-state index contributed by atoms with van der Waals surface area (Å²) < 4.78 is 11.0. The topological polar surface area (TPSA) is 72.5 Å².